The molecule has 0 unspecified atom stereocenters. The Bertz CT molecular complexity index is 163. The molecule has 0 bridgehead atoms. The third-order valence-electron chi connectivity index (χ3n) is 2.09. The molecular weight excluding hydrogens is 176 g/mol. The lowest BCUT2D eigenvalue weighted by atomic mass is 10.0. The molecule has 0 atom stereocenters. The molecule has 0 aliphatic rings. The minimum Gasteiger partial charge on any atom is -0.352 e. The average Bonchev–Trinajstić information content (AvgIpc) is 2.06. The van der Waals surface area contributed by atoms with Crippen LogP contribution in [-0.2, 0) is 4.79 Å². The molecule has 0 heterocycles. The van der Waals surface area contributed by atoms with Crippen LogP contribution in [0.5, 0.6) is 0 Å². The Balaban J connectivity index is 0. The number of amides is 1. The second kappa shape index (κ2) is 6.82. The standard InChI is InChI=1S/C9H20N2O.C2H6/c1-7(2)10-8(12)9(3,4)11(5)6;1-2/h7H,1-6H3,(H,10,12);1-2H3. The summed E-state index contributed by atoms with van der Waals surface area (Å²) >= 11 is 0. The molecular formula is C11H26N2O. The van der Waals surface area contributed by atoms with Gasteiger partial charge in [0.15, 0.2) is 0 Å². The highest BCUT2D eigenvalue weighted by Gasteiger charge is 2.29. The molecule has 0 saturated carbocycles. The second-order valence-corrected chi connectivity index (χ2v) is 4.08. The molecule has 1 N–H and O–H groups in total. The summed E-state index contributed by atoms with van der Waals surface area (Å²) in [5.41, 5.74) is -0.426. The monoisotopic (exact) mass is 202 g/mol. The van der Waals surface area contributed by atoms with Crippen LogP contribution in [0.15, 0.2) is 0 Å². The number of carbonyl (C=O) groups excluding carboxylic acids is 1. The molecule has 0 radical (unpaired) electrons. The molecule has 0 spiro atoms. The first kappa shape index (κ1) is 15.9. The van der Waals surface area contributed by atoms with E-state index in [1.165, 1.54) is 0 Å². The summed E-state index contributed by atoms with van der Waals surface area (Å²) < 4.78 is 0. The zero-order valence-corrected chi connectivity index (χ0v) is 10.9. The fourth-order valence-corrected chi connectivity index (χ4v) is 0.642. The van der Waals surface area contributed by atoms with Crippen LogP contribution in [0.25, 0.3) is 0 Å². The van der Waals surface area contributed by atoms with E-state index in [1.54, 1.807) is 0 Å². The molecule has 0 aromatic heterocycles. The summed E-state index contributed by atoms with van der Waals surface area (Å²) in [5.74, 6) is 0.0718. The highest BCUT2D eigenvalue weighted by Crippen LogP contribution is 2.09. The lowest BCUT2D eigenvalue weighted by Gasteiger charge is -2.31. The van der Waals surface area contributed by atoms with Crippen LogP contribution in [0, 0.1) is 0 Å². The Morgan fingerprint density at radius 2 is 1.57 bits per heavy atom. The van der Waals surface area contributed by atoms with Crippen molar-refractivity contribution in [3.63, 3.8) is 0 Å². The van der Waals surface area contributed by atoms with Gasteiger partial charge < -0.3 is 5.32 Å². The van der Waals surface area contributed by atoms with Gasteiger partial charge in [-0.3, -0.25) is 9.69 Å². The van der Waals surface area contributed by atoms with E-state index < -0.39 is 5.54 Å². The highest BCUT2D eigenvalue weighted by atomic mass is 16.2. The normalized spacial score (nSPS) is 11.0. The number of hydrogen-bond donors (Lipinski definition) is 1. The van der Waals surface area contributed by atoms with Gasteiger partial charge in [-0.15, -0.1) is 0 Å². The van der Waals surface area contributed by atoms with Crippen molar-refractivity contribution >= 4 is 5.91 Å². The van der Waals surface area contributed by atoms with Crippen molar-refractivity contribution in [2.75, 3.05) is 14.1 Å². The zero-order chi connectivity index (χ0) is 11.9. The molecule has 0 aliphatic heterocycles. The van der Waals surface area contributed by atoms with Crippen molar-refractivity contribution < 1.29 is 4.79 Å². The molecule has 3 heteroatoms. The Morgan fingerprint density at radius 3 is 1.79 bits per heavy atom. The molecule has 0 saturated heterocycles. The maximum atomic E-state index is 11.6. The maximum Gasteiger partial charge on any atom is 0.240 e. The molecule has 0 fully saturated rings. The van der Waals surface area contributed by atoms with Crippen LogP contribution >= 0.6 is 0 Å². The van der Waals surface area contributed by atoms with E-state index in [-0.39, 0.29) is 11.9 Å². The fraction of sp³-hybridized carbons (Fsp3) is 0.909. The summed E-state index contributed by atoms with van der Waals surface area (Å²) in [7, 11) is 3.81. The zero-order valence-electron chi connectivity index (χ0n) is 10.9. The Labute approximate surface area is 88.9 Å². The van der Waals surface area contributed by atoms with Gasteiger partial charge in [0.2, 0.25) is 5.91 Å². The lowest BCUT2D eigenvalue weighted by molar-refractivity contribution is -0.130. The first-order valence-corrected chi connectivity index (χ1v) is 5.27. The lowest BCUT2D eigenvalue weighted by Crippen LogP contribution is -2.53. The SMILES string of the molecule is CC.CC(C)NC(=O)C(C)(C)N(C)C. The van der Waals surface area contributed by atoms with E-state index in [4.69, 9.17) is 0 Å². The number of nitrogens with one attached hydrogen (secondary N) is 1. The first-order chi connectivity index (χ1) is 6.28. The van der Waals surface area contributed by atoms with Crippen LogP contribution in [0.2, 0.25) is 0 Å². The smallest absolute Gasteiger partial charge is 0.240 e. The van der Waals surface area contributed by atoms with E-state index in [0.717, 1.165) is 0 Å². The van der Waals surface area contributed by atoms with Crippen LogP contribution in [0.3, 0.4) is 0 Å². The van der Waals surface area contributed by atoms with Crippen molar-refractivity contribution in [3.8, 4) is 0 Å². The minimum atomic E-state index is -0.426. The third kappa shape index (κ3) is 5.22. The second-order valence-electron chi connectivity index (χ2n) is 4.08. The fourth-order valence-electron chi connectivity index (χ4n) is 0.642. The van der Waals surface area contributed by atoms with Gasteiger partial charge in [0.05, 0.1) is 5.54 Å². The molecule has 14 heavy (non-hydrogen) atoms. The minimum absolute atomic E-state index is 0.0718. The van der Waals surface area contributed by atoms with Gasteiger partial charge in [-0.05, 0) is 41.8 Å². The molecule has 0 rings (SSSR count). The molecule has 0 aliphatic carbocycles. The third-order valence-corrected chi connectivity index (χ3v) is 2.09. The predicted octanol–water partition coefficient (Wildman–Crippen LogP) is 1.88. The van der Waals surface area contributed by atoms with Crippen molar-refractivity contribution in [2.24, 2.45) is 0 Å². The molecule has 86 valence electrons. The average molecular weight is 202 g/mol. The summed E-state index contributed by atoms with van der Waals surface area (Å²) in [6.07, 6.45) is 0. The maximum absolute atomic E-state index is 11.6. The Hall–Kier alpha value is -0.570. The number of rotatable bonds is 3. The van der Waals surface area contributed by atoms with Crippen LogP contribution in [0.1, 0.15) is 41.5 Å². The number of nitrogens with zero attached hydrogens (tertiary/aromatic N) is 1. The predicted molar refractivity (Wildman–Crippen MR) is 62.4 cm³/mol. The summed E-state index contributed by atoms with van der Waals surface area (Å²) in [4.78, 5) is 13.5. The summed E-state index contributed by atoms with van der Waals surface area (Å²) in [6.45, 7) is 11.7. The van der Waals surface area contributed by atoms with Gasteiger partial charge in [0.25, 0.3) is 0 Å². The van der Waals surface area contributed by atoms with Gasteiger partial charge in [0.1, 0.15) is 0 Å². The molecule has 0 aromatic rings. The summed E-state index contributed by atoms with van der Waals surface area (Å²) in [6, 6.07) is 0.205. The largest absolute Gasteiger partial charge is 0.352 e. The van der Waals surface area contributed by atoms with Crippen molar-refractivity contribution in [1.82, 2.24) is 10.2 Å². The van der Waals surface area contributed by atoms with E-state index in [9.17, 15) is 4.79 Å². The van der Waals surface area contributed by atoms with E-state index in [0.29, 0.717) is 0 Å². The molecule has 3 nitrogen and oxygen atoms in total. The Morgan fingerprint density at radius 1 is 1.21 bits per heavy atom. The van der Waals surface area contributed by atoms with Gasteiger partial charge in [-0.1, -0.05) is 13.8 Å². The number of hydrogen-bond acceptors (Lipinski definition) is 2. The number of likely N-dealkylation sites (N-methyl/N-ethyl adjacent to an activating group) is 1. The number of carbonyl (C=O) groups is 1. The van der Waals surface area contributed by atoms with Gasteiger partial charge in [0, 0.05) is 6.04 Å². The molecule has 0 aromatic carbocycles. The molecule has 1 amide bonds. The van der Waals surface area contributed by atoms with Gasteiger partial charge in [-0.2, -0.15) is 0 Å². The highest BCUT2D eigenvalue weighted by molar-refractivity contribution is 5.85. The van der Waals surface area contributed by atoms with E-state index in [1.807, 2.05) is 60.5 Å². The van der Waals surface area contributed by atoms with Gasteiger partial charge in [-0.25, -0.2) is 0 Å². The van der Waals surface area contributed by atoms with E-state index in [2.05, 4.69) is 5.32 Å². The first-order valence-electron chi connectivity index (χ1n) is 5.27. The topological polar surface area (TPSA) is 32.3 Å². The quantitative estimate of drug-likeness (QED) is 0.758. The van der Waals surface area contributed by atoms with Crippen molar-refractivity contribution in [3.05, 3.63) is 0 Å². The van der Waals surface area contributed by atoms with Gasteiger partial charge >= 0.3 is 0 Å². The van der Waals surface area contributed by atoms with Crippen LogP contribution < -0.4 is 5.32 Å². The Kier molecular flexibility index (Phi) is 7.74. The van der Waals surface area contributed by atoms with Crippen LogP contribution in [0.4, 0.5) is 0 Å². The van der Waals surface area contributed by atoms with E-state index >= 15 is 0 Å². The van der Waals surface area contributed by atoms with Crippen molar-refractivity contribution in [2.45, 2.75) is 53.1 Å². The van der Waals surface area contributed by atoms with Crippen molar-refractivity contribution in [1.29, 1.82) is 0 Å². The van der Waals surface area contributed by atoms with Crippen LogP contribution in [-0.4, -0.2) is 36.5 Å². The summed E-state index contributed by atoms with van der Waals surface area (Å²) in [5, 5.41) is 2.88.